The quantitative estimate of drug-likeness (QED) is 0.602. The maximum absolute atomic E-state index is 13.1. The van der Waals surface area contributed by atoms with Crippen LogP contribution in [-0.4, -0.2) is 62.6 Å². The summed E-state index contributed by atoms with van der Waals surface area (Å²) in [5, 5.41) is 10.6. The zero-order chi connectivity index (χ0) is 21.8. The highest BCUT2D eigenvalue weighted by atomic mass is 16.5. The molecule has 8 nitrogen and oxygen atoms in total. The summed E-state index contributed by atoms with van der Waals surface area (Å²) >= 11 is 0. The molecule has 160 valence electrons. The monoisotopic (exact) mass is 415 g/mol. The number of ketones is 1. The van der Waals surface area contributed by atoms with Gasteiger partial charge in [-0.15, -0.1) is 0 Å². The van der Waals surface area contributed by atoms with E-state index in [9.17, 15) is 14.7 Å². The number of carbonyl (C=O) groups excluding carboxylic acids is 2. The number of hydrogen-bond donors (Lipinski definition) is 2. The smallest absolute Gasteiger partial charge is 0.290 e. The van der Waals surface area contributed by atoms with Crippen LogP contribution < -0.4 is 14.4 Å². The van der Waals surface area contributed by atoms with E-state index < -0.39 is 23.5 Å². The Labute approximate surface area is 175 Å². The van der Waals surface area contributed by atoms with Crippen LogP contribution in [0.5, 0.6) is 11.5 Å². The third-order valence-electron chi connectivity index (χ3n) is 4.95. The minimum atomic E-state index is -0.765. The molecule has 3 rings (SSSR count). The van der Waals surface area contributed by atoms with Gasteiger partial charge in [-0.05, 0) is 36.8 Å². The number of rotatable bonds is 9. The molecule has 1 amide bonds. The Morgan fingerprint density at radius 2 is 2.03 bits per heavy atom. The molecule has 8 heteroatoms. The van der Waals surface area contributed by atoms with Gasteiger partial charge in [0, 0.05) is 0 Å². The Hall–Kier alpha value is -3.26. The summed E-state index contributed by atoms with van der Waals surface area (Å²) < 4.78 is 16.2. The first-order valence-corrected chi connectivity index (χ1v) is 9.81. The van der Waals surface area contributed by atoms with Crippen LogP contribution in [0.1, 0.15) is 29.1 Å². The zero-order valence-electron chi connectivity index (χ0n) is 17.6. The van der Waals surface area contributed by atoms with Crippen molar-refractivity contribution in [2.75, 3.05) is 40.9 Å². The van der Waals surface area contributed by atoms with Crippen molar-refractivity contribution >= 4 is 11.7 Å². The number of methoxy groups -OCH3 is 1. The lowest BCUT2D eigenvalue weighted by atomic mass is 9.94. The number of benzene rings is 1. The molecule has 2 N–H and O–H groups in total. The molecule has 0 aliphatic carbocycles. The fourth-order valence-electron chi connectivity index (χ4n) is 3.48. The molecule has 0 saturated carbocycles. The number of nitrogens with one attached hydrogen (secondary N) is 1. The highest BCUT2D eigenvalue weighted by Gasteiger charge is 2.44. The molecule has 2 heterocycles. The van der Waals surface area contributed by atoms with E-state index >= 15 is 0 Å². The van der Waals surface area contributed by atoms with Crippen molar-refractivity contribution in [3.8, 4) is 11.5 Å². The van der Waals surface area contributed by atoms with Gasteiger partial charge in [-0.3, -0.25) is 9.59 Å². The number of aliphatic hydroxyl groups is 1. The van der Waals surface area contributed by atoms with Gasteiger partial charge in [-0.1, -0.05) is 6.07 Å². The zero-order valence-corrected chi connectivity index (χ0v) is 17.6. The molecule has 1 aromatic carbocycles. The van der Waals surface area contributed by atoms with Crippen molar-refractivity contribution in [2.45, 2.75) is 13.0 Å². The molecule has 1 aromatic heterocycles. The Balaban J connectivity index is 2.08. The van der Waals surface area contributed by atoms with E-state index in [1.165, 1.54) is 24.3 Å². The third kappa shape index (κ3) is 4.04. The first-order chi connectivity index (χ1) is 14.4. The van der Waals surface area contributed by atoms with Crippen LogP contribution in [0.25, 0.3) is 0 Å². The van der Waals surface area contributed by atoms with Crippen LogP contribution >= 0.6 is 0 Å². The second-order valence-electron chi connectivity index (χ2n) is 7.27. The molecule has 1 aliphatic heterocycles. The minimum absolute atomic E-state index is 0.00470. The maximum Gasteiger partial charge on any atom is 0.290 e. The van der Waals surface area contributed by atoms with Gasteiger partial charge < -0.3 is 28.8 Å². The summed E-state index contributed by atoms with van der Waals surface area (Å²) in [5.74, 6) is -0.552. The third-order valence-corrected chi connectivity index (χ3v) is 4.95. The lowest BCUT2D eigenvalue weighted by Crippen LogP contribution is -3.06. The van der Waals surface area contributed by atoms with E-state index in [-0.39, 0.29) is 11.3 Å². The molecule has 1 aliphatic rings. The molecule has 0 spiro atoms. The fourth-order valence-corrected chi connectivity index (χ4v) is 3.48. The Morgan fingerprint density at radius 1 is 1.27 bits per heavy atom. The second kappa shape index (κ2) is 9.04. The van der Waals surface area contributed by atoms with Gasteiger partial charge >= 0.3 is 0 Å². The molecular weight excluding hydrogens is 388 g/mol. The van der Waals surface area contributed by atoms with Crippen LogP contribution in [0.3, 0.4) is 0 Å². The molecule has 30 heavy (non-hydrogen) atoms. The Morgan fingerprint density at radius 3 is 2.63 bits per heavy atom. The number of quaternary nitrogens is 1. The average Bonchev–Trinajstić information content (AvgIpc) is 3.34. The molecule has 0 fully saturated rings. The van der Waals surface area contributed by atoms with Gasteiger partial charge in [-0.2, -0.15) is 0 Å². The SMILES string of the molecule is CCOc1ccc([C@H]2C(C(=O)c3ccco3)=C(O)C(=O)N2CC[NH+](C)C)cc1OC. The number of hydrogen-bond acceptors (Lipinski definition) is 6. The summed E-state index contributed by atoms with van der Waals surface area (Å²) in [5.41, 5.74) is 0.631. The number of furan rings is 1. The average molecular weight is 415 g/mol. The molecule has 0 unspecified atom stereocenters. The first-order valence-electron chi connectivity index (χ1n) is 9.81. The van der Waals surface area contributed by atoms with Gasteiger partial charge in [0.2, 0.25) is 5.78 Å². The standard InChI is InChI=1S/C22H26N2O6/c1-5-29-15-9-8-14(13-17(15)28-4)19-18(20(25)16-7-6-12-30-16)21(26)22(27)24(19)11-10-23(2)3/h6-9,12-13,19,26H,5,10-11H2,1-4H3/p+1/t19-/m0/s1. The van der Waals surface area contributed by atoms with Gasteiger partial charge in [0.05, 0.1) is 58.8 Å². The van der Waals surface area contributed by atoms with Crippen molar-refractivity contribution in [2.24, 2.45) is 0 Å². The van der Waals surface area contributed by atoms with Crippen molar-refractivity contribution < 1.29 is 33.5 Å². The number of nitrogens with zero attached hydrogens (tertiary/aromatic N) is 1. The van der Waals surface area contributed by atoms with E-state index in [0.717, 1.165) is 4.90 Å². The molecule has 0 bridgehead atoms. The summed E-state index contributed by atoms with van der Waals surface area (Å²) in [4.78, 5) is 28.6. The fraction of sp³-hybridized carbons (Fsp3) is 0.364. The van der Waals surface area contributed by atoms with Crippen LogP contribution in [0.4, 0.5) is 0 Å². The van der Waals surface area contributed by atoms with Crippen molar-refractivity contribution in [3.63, 3.8) is 0 Å². The van der Waals surface area contributed by atoms with E-state index in [2.05, 4.69) is 0 Å². The van der Waals surface area contributed by atoms with Gasteiger partial charge in [0.15, 0.2) is 23.0 Å². The molecule has 1 atom stereocenters. The largest absolute Gasteiger partial charge is 0.503 e. The predicted molar refractivity (Wildman–Crippen MR) is 109 cm³/mol. The van der Waals surface area contributed by atoms with Gasteiger partial charge in [0.25, 0.3) is 5.91 Å². The van der Waals surface area contributed by atoms with E-state index in [0.29, 0.717) is 36.8 Å². The van der Waals surface area contributed by atoms with Crippen LogP contribution in [0.2, 0.25) is 0 Å². The molecule has 0 radical (unpaired) electrons. The van der Waals surface area contributed by atoms with Gasteiger partial charge in [-0.25, -0.2) is 0 Å². The summed E-state index contributed by atoms with van der Waals surface area (Å²) in [6.07, 6.45) is 1.38. The Kier molecular flexibility index (Phi) is 6.47. The highest BCUT2D eigenvalue weighted by Crippen LogP contribution is 2.41. The van der Waals surface area contributed by atoms with Crippen molar-refractivity contribution in [1.29, 1.82) is 0 Å². The number of ether oxygens (including phenoxy) is 2. The maximum atomic E-state index is 13.1. The lowest BCUT2D eigenvalue weighted by Gasteiger charge is -2.27. The lowest BCUT2D eigenvalue weighted by molar-refractivity contribution is -0.857. The van der Waals surface area contributed by atoms with Crippen LogP contribution in [0.15, 0.2) is 52.3 Å². The summed E-state index contributed by atoms with van der Waals surface area (Å²) in [6, 6.07) is 7.57. The Bertz CT molecular complexity index is 949. The second-order valence-corrected chi connectivity index (χ2v) is 7.27. The van der Waals surface area contributed by atoms with Crippen LogP contribution in [0, 0.1) is 0 Å². The topological polar surface area (TPSA) is 93.7 Å². The number of Topliss-reactive ketones (excluding diaryl/α,β-unsaturated/α-hetero) is 1. The number of amides is 1. The number of likely N-dealkylation sites (N-methyl/N-ethyl adjacent to an activating group) is 1. The van der Waals surface area contributed by atoms with E-state index in [4.69, 9.17) is 13.9 Å². The first kappa shape index (κ1) is 21.4. The van der Waals surface area contributed by atoms with E-state index in [1.54, 1.807) is 24.3 Å². The molecule has 0 saturated heterocycles. The minimum Gasteiger partial charge on any atom is -0.503 e. The number of aliphatic hydroxyl groups excluding tert-OH is 1. The van der Waals surface area contributed by atoms with Crippen molar-refractivity contribution in [3.05, 3.63) is 59.3 Å². The normalized spacial score (nSPS) is 16.5. The number of carbonyl (C=O) groups is 2. The highest BCUT2D eigenvalue weighted by molar-refractivity contribution is 6.15. The molecular formula is C22H27N2O6+. The van der Waals surface area contributed by atoms with Crippen LogP contribution in [-0.2, 0) is 4.79 Å². The molecule has 2 aromatic rings. The summed E-state index contributed by atoms with van der Waals surface area (Å²) in [7, 11) is 5.46. The van der Waals surface area contributed by atoms with Crippen molar-refractivity contribution in [1.82, 2.24) is 4.90 Å². The van der Waals surface area contributed by atoms with E-state index in [1.807, 2.05) is 21.0 Å². The van der Waals surface area contributed by atoms with Gasteiger partial charge in [0.1, 0.15) is 0 Å². The predicted octanol–water partition coefficient (Wildman–Crippen LogP) is 1.41. The summed E-state index contributed by atoms with van der Waals surface area (Å²) in [6.45, 7) is 3.35.